The van der Waals surface area contributed by atoms with Crippen molar-refractivity contribution in [2.24, 2.45) is 4.99 Å². The van der Waals surface area contributed by atoms with E-state index in [4.69, 9.17) is 11.6 Å². The zero-order chi connectivity index (χ0) is 20.7. The van der Waals surface area contributed by atoms with E-state index in [0.29, 0.717) is 23.1 Å². The standard InChI is InChI=1S/C16H25ClF2N4O3S.HI/c1-5-20-15(22-10-16(2,3)23-27(4,24)25)21-9-11-8-12(17)6-7-13(11)26-14(18)19;/h6-8,14,23H,5,9-10H2,1-4H3,(H2,20,21,22);1H. The number of ether oxygens (including phenoxy) is 1. The van der Waals surface area contributed by atoms with Crippen LogP contribution in [-0.2, 0) is 16.6 Å². The molecule has 0 bridgehead atoms. The summed E-state index contributed by atoms with van der Waals surface area (Å²) in [7, 11) is -3.37. The second-order valence-corrected chi connectivity index (χ2v) is 8.62. The molecule has 0 fully saturated rings. The summed E-state index contributed by atoms with van der Waals surface area (Å²) in [4.78, 5) is 4.33. The van der Waals surface area contributed by atoms with Crippen molar-refractivity contribution in [2.75, 3.05) is 19.3 Å². The number of alkyl halides is 2. The molecule has 0 aromatic heterocycles. The number of benzene rings is 1. The van der Waals surface area contributed by atoms with E-state index in [9.17, 15) is 17.2 Å². The first kappa shape index (κ1) is 27.1. The fourth-order valence-corrected chi connectivity index (χ4v) is 3.50. The Balaban J connectivity index is 0.00000729. The van der Waals surface area contributed by atoms with Gasteiger partial charge in [-0.3, -0.25) is 0 Å². The van der Waals surface area contributed by atoms with Crippen LogP contribution < -0.4 is 20.1 Å². The molecule has 0 atom stereocenters. The average Bonchev–Trinajstić information content (AvgIpc) is 2.49. The molecule has 162 valence electrons. The highest BCUT2D eigenvalue weighted by molar-refractivity contribution is 14.0. The Morgan fingerprint density at radius 3 is 2.50 bits per heavy atom. The first-order chi connectivity index (χ1) is 12.4. The Hall–Kier alpha value is -0.920. The third-order valence-corrected chi connectivity index (χ3v) is 4.31. The van der Waals surface area contributed by atoms with Crippen molar-refractivity contribution in [2.45, 2.75) is 39.5 Å². The molecule has 28 heavy (non-hydrogen) atoms. The number of nitrogens with zero attached hydrogens (tertiary/aromatic N) is 1. The number of rotatable bonds is 9. The lowest BCUT2D eigenvalue weighted by molar-refractivity contribution is -0.0504. The van der Waals surface area contributed by atoms with E-state index in [1.165, 1.54) is 18.2 Å². The van der Waals surface area contributed by atoms with Crippen LogP contribution >= 0.6 is 35.6 Å². The number of hydrogen-bond donors (Lipinski definition) is 3. The summed E-state index contributed by atoms with van der Waals surface area (Å²) < 4.78 is 54.9. The van der Waals surface area contributed by atoms with E-state index in [1.807, 2.05) is 6.92 Å². The summed E-state index contributed by atoms with van der Waals surface area (Å²) in [6.07, 6.45) is 1.08. The average molecular weight is 555 g/mol. The van der Waals surface area contributed by atoms with Gasteiger partial charge in [0, 0.05) is 29.2 Å². The summed E-state index contributed by atoms with van der Waals surface area (Å²) in [6.45, 7) is 3.19. The lowest BCUT2D eigenvalue weighted by Crippen LogP contribution is -2.53. The molecule has 7 nitrogen and oxygen atoms in total. The maximum absolute atomic E-state index is 12.5. The van der Waals surface area contributed by atoms with Crippen molar-refractivity contribution >= 4 is 51.6 Å². The minimum absolute atomic E-state index is 0. The second kappa shape index (κ2) is 11.9. The number of aliphatic imine (C=N–C) groups is 1. The Bertz CT molecular complexity index is 764. The molecule has 0 radical (unpaired) electrons. The van der Waals surface area contributed by atoms with Gasteiger partial charge < -0.3 is 15.4 Å². The summed E-state index contributed by atoms with van der Waals surface area (Å²) in [5, 5.41) is 6.39. The summed E-state index contributed by atoms with van der Waals surface area (Å²) >= 11 is 5.92. The number of hydrogen-bond acceptors (Lipinski definition) is 4. The van der Waals surface area contributed by atoms with E-state index in [0.717, 1.165) is 6.26 Å². The molecule has 1 rings (SSSR count). The van der Waals surface area contributed by atoms with Crippen molar-refractivity contribution in [1.82, 2.24) is 15.4 Å². The van der Waals surface area contributed by atoms with Crippen molar-refractivity contribution < 1.29 is 21.9 Å². The van der Waals surface area contributed by atoms with Gasteiger partial charge in [0.25, 0.3) is 0 Å². The molecule has 0 saturated heterocycles. The van der Waals surface area contributed by atoms with Crippen LogP contribution in [0, 0.1) is 0 Å². The lowest BCUT2D eigenvalue weighted by atomic mass is 10.1. The van der Waals surface area contributed by atoms with Crippen LogP contribution in [0.2, 0.25) is 5.02 Å². The van der Waals surface area contributed by atoms with Gasteiger partial charge >= 0.3 is 6.61 Å². The first-order valence-corrected chi connectivity index (χ1v) is 10.4. The van der Waals surface area contributed by atoms with E-state index in [2.05, 4.69) is 25.1 Å². The third kappa shape index (κ3) is 11.2. The number of guanidine groups is 1. The van der Waals surface area contributed by atoms with Crippen LogP contribution in [0.4, 0.5) is 8.78 Å². The predicted molar refractivity (Wildman–Crippen MR) is 118 cm³/mol. The highest BCUT2D eigenvalue weighted by Gasteiger charge is 2.22. The van der Waals surface area contributed by atoms with E-state index in [1.54, 1.807) is 13.8 Å². The minimum Gasteiger partial charge on any atom is -0.434 e. The van der Waals surface area contributed by atoms with E-state index in [-0.39, 0.29) is 42.8 Å². The van der Waals surface area contributed by atoms with Gasteiger partial charge in [0.05, 0.1) is 12.8 Å². The van der Waals surface area contributed by atoms with Crippen LogP contribution in [0.15, 0.2) is 23.2 Å². The van der Waals surface area contributed by atoms with Crippen molar-refractivity contribution in [1.29, 1.82) is 0 Å². The molecule has 0 unspecified atom stereocenters. The van der Waals surface area contributed by atoms with Gasteiger partial charge in [-0.1, -0.05) is 11.6 Å². The fourth-order valence-electron chi connectivity index (χ4n) is 2.23. The molecule has 0 amide bonds. The second-order valence-electron chi connectivity index (χ2n) is 6.44. The van der Waals surface area contributed by atoms with Crippen LogP contribution in [0.3, 0.4) is 0 Å². The largest absolute Gasteiger partial charge is 0.434 e. The molecule has 0 aliphatic heterocycles. The molecule has 0 aliphatic rings. The monoisotopic (exact) mass is 554 g/mol. The first-order valence-electron chi connectivity index (χ1n) is 8.16. The number of nitrogens with one attached hydrogen (secondary N) is 3. The SMILES string of the molecule is CCNC(=NCc1cc(Cl)ccc1OC(F)F)NCC(C)(C)NS(C)(=O)=O.I. The smallest absolute Gasteiger partial charge is 0.387 e. The Labute approximate surface area is 186 Å². The molecule has 0 aliphatic carbocycles. The molecule has 3 N–H and O–H groups in total. The van der Waals surface area contributed by atoms with Crippen LogP contribution in [0.25, 0.3) is 0 Å². The topological polar surface area (TPSA) is 91.8 Å². The fraction of sp³-hybridized carbons (Fsp3) is 0.562. The quantitative estimate of drug-likeness (QED) is 0.248. The summed E-state index contributed by atoms with van der Waals surface area (Å²) in [6, 6.07) is 4.32. The van der Waals surface area contributed by atoms with Gasteiger partial charge in [-0.2, -0.15) is 8.78 Å². The van der Waals surface area contributed by atoms with Crippen LogP contribution in [-0.4, -0.2) is 45.9 Å². The number of halogens is 4. The Morgan fingerprint density at radius 1 is 1.32 bits per heavy atom. The molecular weight excluding hydrogens is 529 g/mol. The van der Waals surface area contributed by atoms with E-state index < -0.39 is 22.2 Å². The number of sulfonamides is 1. The Kier molecular flexibility index (Phi) is 11.5. The predicted octanol–water partition coefficient (Wildman–Crippen LogP) is 2.94. The lowest BCUT2D eigenvalue weighted by Gasteiger charge is -2.26. The normalized spacial score (nSPS) is 12.5. The Morgan fingerprint density at radius 2 is 1.96 bits per heavy atom. The van der Waals surface area contributed by atoms with Gasteiger partial charge in [0.1, 0.15) is 5.75 Å². The maximum atomic E-state index is 12.5. The summed E-state index contributed by atoms with van der Waals surface area (Å²) in [5.74, 6) is 0.386. The molecule has 0 spiro atoms. The highest BCUT2D eigenvalue weighted by Crippen LogP contribution is 2.25. The van der Waals surface area contributed by atoms with Gasteiger partial charge in [-0.05, 0) is 39.0 Å². The van der Waals surface area contributed by atoms with Crippen molar-refractivity contribution in [3.05, 3.63) is 28.8 Å². The van der Waals surface area contributed by atoms with E-state index >= 15 is 0 Å². The van der Waals surface area contributed by atoms with Gasteiger partial charge in [0.2, 0.25) is 10.0 Å². The molecular formula is C16H26ClF2IN4O3S. The molecule has 1 aromatic rings. The zero-order valence-corrected chi connectivity index (χ0v) is 20.0. The van der Waals surface area contributed by atoms with Crippen molar-refractivity contribution in [3.63, 3.8) is 0 Å². The van der Waals surface area contributed by atoms with Crippen LogP contribution in [0.5, 0.6) is 5.75 Å². The summed E-state index contributed by atoms with van der Waals surface area (Å²) in [5.41, 5.74) is -0.363. The molecule has 0 saturated carbocycles. The van der Waals surface area contributed by atoms with Gasteiger partial charge in [-0.25, -0.2) is 18.1 Å². The van der Waals surface area contributed by atoms with Crippen molar-refractivity contribution in [3.8, 4) is 5.75 Å². The highest BCUT2D eigenvalue weighted by atomic mass is 127. The van der Waals surface area contributed by atoms with Gasteiger partial charge in [0.15, 0.2) is 5.96 Å². The van der Waals surface area contributed by atoms with Crippen LogP contribution in [0.1, 0.15) is 26.3 Å². The molecule has 1 aromatic carbocycles. The third-order valence-electron chi connectivity index (χ3n) is 3.15. The maximum Gasteiger partial charge on any atom is 0.387 e. The molecule has 0 heterocycles. The minimum atomic E-state index is -3.37. The zero-order valence-electron chi connectivity index (χ0n) is 16.1. The van der Waals surface area contributed by atoms with Gasteiger partial charge in [-0.15, -0.1) is 24.0 Å². The molecule has 12 heteroatoms.